The molecule has 0 saturated carbocycles. The fourth-order valence-electron chi connectivity index (χ4n) is 4.08. The Morgan fingerprint density at radius 1 is 1.34 bits per heavy atom. The number of sulfone groups is 1. The van der Waals surface area contributed by atoms with Crippen LogP contribution in [-0.2, 0) is 9.84 Å². The third-order valence-electron chi connectivity index (χ3n) is 6.14. The van der Waals surface area contributed by atoms with Gasteiger partial charge in [-0.1, -0.05) is 13.0 Å². The highest BCUT2D eigenvalue weighted by molar-refractivity contribution is 14.0. The molecule has 1 aromatic heterocycles. The highest BCUT2D eigenvalue weighted by atomic mass is 127. The van der Waals surface area contributed by atoms with E-state index in [9.17, 15) is 8.42 Å². The third kappa shape index (κ3) is 5.86. The standard InChI is InChI=1S/C20H34N4O2S2.HI/c1-16-7-9-23(10-8-16)17(18-6-5-12-27-18)14-22-19(21-4)24-11-13-28(25,26)20(2,3)15-24;/h5-6,12,16-17H,7-11,13-15H2,1-4H3,(H,21,22);1H. The molecule has 2 aliphatic heterocycles. The number of rotatable bonds is 4. The van der Waals surface area contributed by atoms with Gasteiger partial charge in [-0.25, -0.2) is 8.42 Å². The van der Waals surface area contributed by atoms with Crippen molar-refractivity contribution in [2.45, 2.75) is 44.4 Å². The molecule has 6 nitrogen and oxygen atoms in total. The number of nitrogens with one attached hydrogen (secondary N) is 1. The van der Waals surface area contributed by atoms with Crippen LogP contribution in [0.2, 0.25) is 0 Å². The summed E-state index contributed by atoms with van der Waals surface area (Å²) in [6.07, 6.45) is 2.49. The molecule has 0 bridgehead atoms. The molecule has 2 saturated heterocycles. The van der Waals surface area contributed by atoms with E-state index in [1.165, 1.54) is 17.7 Å². The van der Waals surface area contributed by atoms with Gasteiger partial charge in [0, 0.05) is 31.6 Å². The number of piperidine rings is 1. The van der Waals surface area contributed by atoms with Crippen LogP contribution in [0.1, 0.15) is 44.5 Å². The number of likely N-dealkylation sites (tertiary alicyclic amines) is 1. The number of thiophene rings is 1. The summed E-state index contributed by atoms with van der Waals surface area (Å²) in [5, 5.41) is 5.69. The molecule has 0 spiro atoms. The summed E-state index contributed by atoms with van der Waals surface area (Å²) in [6, 6.07) is 4.66. The molecule has 0 aliphatic carbocycles. The summed E-state index contributed by atoms with van der Waals surface area (Å²) in [6.45, 7) is 9.96. The van der Waals surface area contributed by atoms with Gasteiger partial charge in [-0.05, 0) is 57.1 Å². The summed E-state index contributed by atoms with van der Waals surface area (Å²) in [5.41, 5.74) is 0. The second-order valence-corrected chi connectivity index (χ2v) is 12.4. The number of guanidine groups is 1. The lowest BCUT2D eigenvalue weighted by Gasteiger charge is -2.40. The second kappa shape index (κ2) is 10.3. The molecule has 2 aliphatic rings. The van der Waals surface area contributed by atoms with Crippen molar-refractivity contribution < 1.29 is 8.42 Å². The molecule has 3 rings (SSSR count). The van der Waals surface area contributed by atoms with Crippen molar-refractivity contribution >= 4 is 51.1 Å². The molecule has 0 aromatic carbocycles. The maximum absolute atomic E-state index is 12.3. The molecule has 2 fully saturated rings. The largest absolute Gasteiger partial charge is 0.354 e. The van der Waals surface area contributed by atoms with E-state index in [1.54, 1.807) is 18.4 Å². The highest BCUT2D eigenvalue weighted by Crippen LogP contribution is 2.29. The van der Waals surface area contributed by atoms with E-state index in [0.717, 1.165) is 31.5 Å². The van der Waals surface area contributed by atoms with Gasteiger partial charge >= 0.3 is 0 Å². The van der Waals surface area contributed by atoms with Crippen LogP contribution in [0.3, 0.4) is 0 Å². The van der Waals surface area contributed by atoms with E-state index < -0.39 is 14.6 Å². The Kier molecular flexibility index (Phi) is 8.82. The van der Waals surface area contributed by atoms with Crippen LogP contribution in [0.25, 0.3) is 0 Å². The van der Waals surface area contributed by atoms with Gasteiger partial charge in [-0.15, -0.1) is 35.3 Å². The zero-order valence-corrected chi connectivity index (χ0v) is 21.9. The lowest BCUT2D eigenvalue weighted by Crippen LogP contribution is -2.57. The van der Waals surface area contributed by atoms with Crippen LogP contribution in [0.4, 0.5) is 0 Å². The quantitative estimate of drug-likeness (QED) is 0.352. The first-order valence-corrected chi connectivity index (χ1v) is 12.7. The number of hydrogen-bond donors (Lipinski definition) is 1. The van der Waals surface area contributed by atoms with Crippen molar-refractivity contribution in [2.75, 3.05) is 45.5 Å². The zero-order valence-electron chi connectivity index (χ0n) is 17.9. The van der Waals surface area contributed by atoms with E-state index in [4.69, 9.17) is 0 Å². The fraction of sp³-hybridized carbons (Fsp3) is 0.750. The third-order valence-corrected chi connectivity index (χ3v) is 9.65. The molecular weight excluding hydrogens is 519 g/mol. The normalized spacial score (nSPS) is 24.0. The minimum absolute atomic E-state index is 0. The Hall–Kier alpha value is -0.390. The van der Waals surface area contributed by atoms with E-state index in [1.807, 2.05) is 13.8 Å². The van der Waals surface area contributed by atoms with Crippen molar-refractivity contribution in [3.63, 3.8) is 0 Å². The molecule has 1 atom stereocenters. The van der Waals surface area contributed by atoms with E-state index in [2.05, 4.69) is 44.5 Å². The Morgan fingerprint density at radius 2 is 2.03 bits per heavy atom. The van der Waals surface area contributed by atoms with Gasteiger partial charge in [0.15, 0.2) is 15.8 Å². The average molecular weight is 555 g/mol. The van der Waals surface area contributed by atoms with Crippen LogP contribution in [0, 0.1) is 5.92 Å². The number of halogens is 1. The molecular formula is C20H35IN4O2S2. The predicted molar refractivity (Wildman–Crippen MR) is 133 cm³/mol. The summed E-state index contributed by atoms with van der Waals surface area (Å²) in [4.78, 5) is 10.5. The lowest BCUT2D eigenvalue weighted by atomic mass is 9.97. The summed E-state index contributed by atoms with van der Waals surface area (Å²) in [5.74, 6) is 1.78. The summed E-state index contributed by atoms with van der Waals surface area (Å²) in [7, 11) is -1.28. The van der Waals surface area contributed by atoms with E-state index in [-0.39, 0.29) is 29.7 Å². The molecule has 1 aromatic rings. The molecule has 3 heterocycles. The Morgan fingerprint density at radius 3 is 2.59 bits per heavy atom. The van der Waals surface area contributed by atoms with Gasteiger partial charge in [0.2, 0.25) is 0 Å². The van der Waals surface area contributed by atoms with Crippen molar-refractivity contribution in [2.24, 2.45) is 10.9 Å². The van der Waals surface area contributed by atoms with E-state index >= 15 is 0 Å². The van der Waals surface area contributed by atoms with Gasteiger partial charge < -0.3 is 10.2 Å². The van der Waals surface area contributed by atoms with Gasteiger partial charge in [0.25, 0.3) is 0 Å². The minimum atomic E-state index is -3.06. The first-order valence-electron chi connectivity index (χ1n) is 10.2. The van der Waals surface area contributed by atoms with Crippen molar-refractivity contribution in [3.05, 3.63) is 22.4 Å². The summed E-state index contributed by atoms with van der Waals surface area (Å²) < 4.78 is 23.9. The summed E-state index contributed by atoms with van der Waals surface area (Å²) >= 11 is 1.81. The van der Waals surface area contributed by atoms with Crippen LogP contribution in [-0.4, -0.2) is 74.4 Å². The maximum atomic E-state index is 12.3. The maximum Gasteiger partial charge on any atom is 0.193 e. The van der Waals surface area contributed by atoms with Crippen molar-refractivity contribution in [1.82, 2.24) is 15.1 Å². The monoisotopic (exact) mass is 554 g/mol. The zero-order chi connectivity index (χ0) is 20.4. The van der Waals surface area contributed by atoms with E-state index in [0.29, 0.717) is 19.1 Å². The van der Waals surface area contributed by atoms with Crippen LogP contribution in [0.15, 0.2) is 22.5 Å². The van der Waals surface area contributed by atoms with Crippen molar-refractivity contribution in [1.29, 1.82) is 0 Å². The molecule has 9 heteroatoms. The molecule has 1 N–H and O–H groups in total. The predicted octanol–water partition coefficient (Wildman–Crippen LogP) is 3.22. The number of hydrogen-bond acceptors (Lipinski definition) is 5. The molecule has 0 radical (unpaired) electrons. The molecule has 29 heavy (non-hydrogen) atoms. The average Bonchev–Trinajstić information content (AvgIpc) is 3.17. The SMILES string of the molecule is CN=C(NCC(c1cccs1)N1CCC(C)CC1)N1CCS(=O)(=O)C(C)(C)C1.I. The Labute approximate surface area is 197 Å². The molecule has 166 valence electrons. The Bertz CT molecular complexity index is 772. The van der Waals surface area contributed by atoms with Gasteiger partial charge in [0.05, 0.1) is 16.5 Å². The Balaban J connectivity index is 0.00000300. The fourth-order valence-corrected chi connectivity index (χ4v) is 6.30. The lowest BCUT2D eigenvalue weighted by molar-refractivity contribution is 0.139. The van der Waals surface area contributed by atoms with Gasteiger partial charge in [-0.2, -0.15) is 0 Å². The molecule has 1 unspecified atom stereocenters. The second-order valence-electron chi connectivity index (χ2n) is 8.68. The minimum Gasteiger partial charge on any atom is -0.354 e. The highest BCUT2D eigenvalue weighted by Gasteiger charge is 2.41. The smallest absolute Gasteiger partial charge is 0.193 e. The number of aliphatic imine (C=N–C) groups is 1. The number of nitrogens with zero attached hydrogens (tertiary/aromatic N) is 3. The van der Waals surface area contributed by atoms with Gasteiger partial charge in [0.1, 0.15) is 0 Å². The first kappa shape index (κ1) is 24.9. The van der Waals surface area contributed by atoms with Crippen LogP contribution < -0.4 is 5.32 Å². The van der Waals surface area contributed by atoms with Crippen LogP contribution >= 0.6 is 35.3 Å². The van der Waals surface area contributed by atoms with Crippen molar-refractivity contribution in [3.8, 4) is 0 Å². The molecule has 0 amide bonds. The van der Waals surface area contributed by atoms with Gasteiger partial charge in [-0.3, -0.25) is 9.89 Å². The van der Waals surface area contributed by atoms with Crippen LogP contribution in [0.5, 0.6) is 0 Å². The first-order chi connectivity index (χ1) is 13.2. The topological polar surface area (TPSA) is 65.0 Å².